The summed E-state index contributed by atoms with van der Waals surface area (Å²) in [6, 6.07) is 4.72. The normalized spacial score (nSPS) is 15.7. The molecule has 0 spiro atoms. The maximum atomic E-state index is 14.5. The average molecular weight is 402 g/mol. The summed E-state index contributed by atoms with van der Waals surface area (Å²) in [6.07, 6.45) is 2.01. The first-order valence-electron chi connectivity index (χ1n) is 9.15. The van der Waals surface area contributed by atoms with E-state index in [1.165, 1.54) is 29.4 Å². The second-order valence-corrected chi connectivity index (χ2v) is 7.07. The summed E-state index contributed by atoms with van der Waals surface area (Å²) in [7, 11) is 1.70. The smallest absolute Gasteiger partial charge is 0.267 e. The Bertz CT molecular complexity index is 976. The Kier molecular flexibility index (Phi) is 5.81. The Labute approximate surface area is 167 Å². The first-order valence-corrected chi connectivity index (χ1v) is 9.15. The van der Waals surface area contributed by atoms with Gasteiger partial charge in [-0.3, -0.25) is 9.69 Å². The Morgan fingerprint density at radius 3 is 2.62 bits per heavy atom. The van der Waals surface area contributed by atoms with Crippen molar-refractivity contribution in [2.24, 2.45) is 17.3 Å². The molecular formula is C20H24F2N6O. The highest BCUT2D eigenvalue weighted by molar-refractivity contribution is 5.92. The number of hydrogen-bond acceptors (Lipinski definition) is 6. The van der Waals surface area contributed by atoms with Gasteiger partial charge in [0, 0.05) is 38.0 Å². The van der Waals surface area contributed by atoms with Crippen LogP contribution in [0.5, 0.6) is 0 Å². The fourth-order valence-corrected chi connectivity index (χ4v) is 3.70. The van der Waals surface area contributed by atoms with E-state index in [1.807, 2.05) is 6.92 Å². The monoisotopic (exact) mass is 402 g/mol. The molecule has 1 unspecified atom stereocenters. The number of aromatic nitrogens is 1. The number of hydrogen-bond donors (Lipinski definition) is 3. The lowest BCUT2D eigenvalue weighted by atomic mass is 9.92. The van der Waals surface area contributed by atoms with E-state index >= 15 is 0 Å². The number of likely N-dealkylation sites (N-methyl/N-ethyl adjacent to an activating group) is 1. The molecule has 0 saturated carbocycles. The van der Waals surface area contributed by atoms with Gasteiger partial charge in [0.15, 0.2) is 0 Å². The fourth-order valence-electron chi connectivity index (χ4n) is 3.70. The van der Waals surface area contributed by atoms with Crippen molar-refractivity contribution in [3.05, 3.63) is 64.7 Å². The van der Waals surface area contributed by atoms with Gasteiger partial charge < -0.3 is 16.5 Å². The van der Waals surface area contributed by atoms with Gasteiger partial charge in [0.25, 0.3) is 5.91 Å². The number of carbonyl (C=O) groups excluding carboxylic acids is 1. The molecule has 1 amide bonds. The van der Waals surface area contributed by atoms with Crippen LogP contribution in [0, 0.1) is 11.6 Å². The molecule has 7 nitrogen and oxygen atoms in total. The average Bonchev–Trinajstić information content (AvgIpc) is 2.67. The van der Waals surface area contributed by atoms with Crippen LogP contribution in [0.1, 0.15) is 28.7 Å². The van der Waals surface area contributed by atoms with E-state index < -0.39 is 17.5 Å². The molecule has 9 heteroatoms. The van der Waals surface area contributed by atoms with E-state index in [2.05, 4.69) is 9.88 Å². The van der Waals surface area contributed by atoms with Crippen molar-refractivity contribution in [1.29, 1.82) is 0 Å². The summed E-state index contributed by atoms with van der Waals surface area (Å²) in [5.41, 5.74) is 14.0. The van der Waals surface area contributed by atoms with Crippen molar-refractivity contribution < 1.29 is 13.6 Å². The van der Waals surface area contributed by atoms with Crippen molar-refractivity contribution in [1.82, 2.24) is 14.9 Å². The molecular weight excluding hydrogens is 378 g/mol. The van der Waals surface area contributed by atoms with Crippen LogP contribution in [0.15, 0.2) is 36.2 Å². The molecule has 6 N–H and O–H groups in total. The molecule has 1 aromatic heterocycles. The van der Waals surface area contributed by atoms with Gasteiger partial charge in [-0.05, 0) is 42.7 Å². The number of pyridine rings is 1. The van der Waals surface area contributed by atoms with Crippen molar-refractivity contribution in [3.8, 4) is 11.1 Å². The standard InChI is InChI=1S/C20H24F2N6O/c1-11(19(9-23)27(2)25)28-6-5-14-15(13-4-3-12(21)7-16(13)22)8-17(20(24)29)26-18(14)10-28/h3-4,7-9,11H,5-6,10,23,25H2,1-2H3,(H2,24,29)/b19-9-. The molecule has 1 aromatic carbocycles. The first kappa shape index (κ1) is 20.7. The second kappa shape index (κ2) is 8.14. The largest absolute Gasteiger partial charge is 0.403 e. The SMILES string of the molecule is CC(/C(=C/N)N(C)N)N1CCc2c(-c3ccc(F)cc3F)cc(C(N)=O)nc2C1. The van der Waals surface area contributed by atoms with Gasteiger partial charge in [-0.15, -0.1) is 0 Å². The number of benzene rings is 1. The van der Waals surface area contributed by atoms with Gasteiger partial charge in [0.05, 0.1) is 17.4 Å². The van der Waals surface area contributed by atoms with Crippen molar-refractivity contribution in [2.45, 2.75) is 25.9 Å². The summed E-state index contributed by atoms with van der Waals surface area (Å²) in [4.78, 5) is 18.3. The number of carbonyl (C=O) groups is 1. The molecule has 154 valence electrons. The molecule has 2 aromatic rings. The fraction of sp³-hybridized carbons (Fsp3) is 0.300. The van der Waals surface area contributed by atoms with Crippen LogP contribution < -0.4 is 17.3 Å². The maximum absolute atomic E-state index is 14.5. The maximum Gasteiger partial charge on any atom is 0.267 e. The lowest BCUT2D eigenvalue weighted by Crippen LogP contribution is -2.44. The topological polar surface area (TPSA) is 115 Å². The van der Waals surface area contributed by atoms with Crippen LogP contribution in [-0.4, -0.2) is 40.4 Å². The predicted octanol–water partition coefficient (Wildman–Crippen LogP) is 1.48. The number of nitrogens with zero attached hydrogens (tertiary/aromatic N) is 3. The number of hydrazine groups is 1. The van der Waals surface area contributed by atoms with Crippen LogP contribution in [-0.2, 0) is 13.0 Å². The number of amides is 1. The lowest BCUT2D eigenvalue weighted by Gasteiger charge is -2.36. The Morgan fingerprint density at radius 2 is 2.03 bits per heavy atom. The summed E-state index contributed by atoms with van der Waals surface area (Å²) in [5, 5.41) is 1.45. The van der Waals surface area contributed by atoms with Crippen LogP contribution in [0.25, 0.3) is 11.1 Å². The van der Waals surface area contributed by atoms with Gasteiger partial charge >= 0.3 is 0 Å². The Balaban J connectivity index is 2.06. The number of primary amides is 1. The van der Waals surface area contributed by atoms with Crippen LogP contribution >= 0.6 is 0 Å². The van der Waals surface area contributed by atoms with E-state index in [1.54, 1.807) is 7.05 Å². The van der Waals surface area contributed by atoms with E-state index in [0.717, 1.165) is 17.3 Å². The third kappa shape index (κ3) is 4.06. The molecule has 0 fully saturated rings. The Morgan fingerprint density at radius 1 is 1.31 bits per heavy atom. The molecule has 1 aliphatic rings. The molecule has 0 bridgehead atoms. The van der Waals surface area contributed by atoms with E-state index in [-0.39, 0.29) is 17.3 Å². The molecule has 29 heavy (non-hydrogen) atoms. The Hall–Kier alpha value is -3.04. The second-order valence-electron chi connectivity index (χ2n) is 7.07. The number of rotatable bonds is 5. The zero-order chi connectivity index (χ0) is 21.3. The number of nitrogens with two attached hydrogens (primary N) is 3. The van der Waals surface area contributed by atoms with Crippen molar-refractivity contribution in [3.63, 3.8) is 0 Å². The summed E-state index contributed by atoms with van der Waals surface area (Å²) < 4.78 is 27.8. The van der Waals surface area contributed by atoms with E-state index in [0.29, 0.717) is 30.8 Å². The minimum Gasteiger partial charge on any atom is -0.403 e. The van der Waals surface area contributed by atoms with Gasteiger partial charge in [0.1, 0.15) is 17.3 Å². The predicted molar refractivity (Wildman–Crippen MR) is 106 cm³/mol. The molecule has 1 atom stereocenters. The first-order chi connectivity index (χ1) is 13.7. The molecule has 0 radical (unpaired) electrons. The van der Waals surface area contributed by atoms with Gasteiger partial charge in [-0.2, -0.15) is 0 Å². The van der Waals surface area contributed by atoms with Crippen LogP contribution in [0.4, 0.5) is 8.78 Å². The molecule has 1 aliphatic heterocycles. The third-order valence-corrected chi connectivity index (χ3v) is 5.24. The quantitative estimate of drug-likeness (QED) is 0.516. The van der Waals surface area contributed by atoms with E-state index in [9.17, 15) is 13.6 Å². The molecule has 3 rings (SSSR count). The van der Waals surface area contributed by atoms with E-state index in [4.69, 9.17) is 17.3 Å². The minimum absolute atomic E-state index is 0.0301. The zero-order valence-corrected chi connectivity index (χ0v) is 16.3. The molecule has 0 saturated heterocycles. The van der Waals surface area contributed by atoms with Crippen LogP contribution in [0.2, 0.25) is 0 Å². The zero-order valence-electron chi connectivity index (χ0n) is 16.3. The summed E-state index contributed by atoms with van der Waals surface area (Å²) >= 11 is 0. The van der Waals surface area contributed by atoms with Crippen LogP contribution in [0.3, 0.4) is 0 Å². The van der Waals surface area contributed by atoms with Crippen molar-refractivity contribution >= 4 is 5.91 Å². The minimum atomic E-state index is -0.717. The van der Waals surface area contributed by atoms with Gasteiger partial charge in [-0.25, -0.2) is 19.6 Å². The van der Waals surface area contributed by atoms with Crippen molar-refractivity contribution in [2.75, 3.05) is 13.6 Å². The highest BCUT2D eigenvalue weighted by Crippen LogP contribution is 2.33. The number of fused-ring (bicyclic) bond motifs is 1. The molecule has 2 heterocycles. The number of halogens is 2. The lowest BCUT2D eigenvalue weighted by molar-refractivity contribution is 0.0994. The summed E-state index contributed by atoms with van der Waals surface area (Å²) in [5.74, 6) is 3.76. The highest BCUT2D eigenvalue weighted by Gasteiger charge is 2.28. The third-order valence-electron chi connectivity index (χ3n) is 5.24. The molecule has 0 aliphatic carbocycles. The summed E-state index contributed by atoms with van der Waals surface area (Å²) in [6.45, 7) is 3.01. The van der Waals surface area contributed by atoms with Gasteiger partial charge in [-0.1, -0.05) is 0 Å². The van der Waals surface area contributed by atoms with Gasteiger partial charge in [0.2, 0.25) is 0 Å². The highest BCUT2D eigenvalue weighted by atomic mass is 19.1.